The molecule has 5 aromatic heterocycles. The number of pyridine rings is 3. The average Bonchev–Trinajstić information content (AvgIpc) is 3.45. The summed E-state index contributed by atoms with van der Waals surface area (Å²) >= 11 is 0. The molecular formula is C21H18N10. The fraction of sp³-hybridized carbons (Fsp3) is 0.0952. The Balaban J connectivity index is 0.000000133. The smallest absolute Gasteiger partial charge is 0.323 e. The zero-order valence-corrected chi connectivity index (χ0v) is 16.4. The fourth-order valence-electron chi connectivity index (χ4n) is 2.52. The van der Waals surface area contributed by atoms with Crippen LogP contribution >= 0.6 is 0 Å². The van der Waals surface area contributed by atoms with Crippen LogP contribution < -0.4 is 5.73 Å². The predicted octanol–water partition coefficient (Wildman–Crippen LogP) is 2.97. The van der Waals surface area contributed by atoms with Gasteiger partial charge >= 0.3 is 5.82 Å². The molecule has 2 N–H and O–H groups in total. The van der Waals surface area contributed by atoms with E-state index in [2.05, 4.69) is 35.3 Å². The van der Waals surface area contributed by atoms with Crippen LogP contribution in [0.25, 0.3) is 20.7 Å². The van der Waals surface area contributed by atoms with Gasteiger partial charge in [-0.2, -0.15) is 0 Å². The lowest BCUT2D eigenvalue weighted by molar-refractivity contribution is 0.837. The predicted molar refractivity (Wildman–Crippen MR) is 115 cm³/mol. The highest BCUT2D eigenvalue weighted by molar-refractivity contribution is 5.67. The van der Waals surface area contributed by atoms with E-state index in [1.54, 1.807) is 21.4 Å². The molecule has 0 aliphatic heterocycles. The molecule has 10 heteroatoms. The number of fused-ring (bicyclic) bond motifs is 2. The van der Waals surface area contributed by atoms with Crippen LogP contribution in [0.3, 0.4) is 0 Å². The summed E-state index contributed by atoms with van der Waals surface area (Å²) in [5.74, 6) is 0.352. The van der Waals surface area contributed by atoms with Crippen LogP contribution in [-0.4, -0.2) is 34.6 Å². The molecule has 5 rings (SSSR count). The Morgan fingerprint density at radius 1 is 0.839 bits per heavy atom. The molecule has 0 unspecified atom stereocenters. The molecule has 10 nitrogen and oxygen atoms in total. The molecule has 0 amide bonds. The van der Waals surface area contributed by atoms with Crippen molar-refractivity contribution in [1.29, 1.82) is 0 Å². The molecule has 0 aliphatic carbocycles. The minimum atomic E-state index is 0.352. The fourth-order valence-corrected chi connectivity index (χ4v) is 2.52. The summed E-state index contributed by atoms with van der Waals surface area (Å²) in [5.41, 5.74) is 8.86. The van der Waals surface area contributed by atoms with Crippen molar-refractivity contribution >= 4 is 16.9 Å². The molecule has 0 spiro atoms. The molecule has 5 heterocycles. The van der Waals surface area contributed by atoms with E-state index in [0.717, 1.165) is 22.4 Å². The van der Waals surface area contributed by atoms with E-state index in [-0.39, 0.29) is 0 Å². The van der Waals surface area contributed by atoms with Crippen LogP contribution in [0, 0.1) is 13.1 Å². The minimum absolute atomic E-state index is 0.352. The zero-order valence-electron chi connectivity index (χ0n) is 16.4. The van der Waals surface area contributed by atoms with Gasteiger partial charge in [0.15, 0.2) is 0 Å². The first-order valence-corrected chi connectivity index (χ1v) is 9.16. The Bertz CT molecular complexity index is 1330. The molecule has 0 saturated heterocycles. The van der Waals surface area contributed by atoms with Gasteiger partial charge in [-0.05, 0) is 36.4 Å². The van der Waals surface area contributed by atoms with Gasteiger partial charge in [0, 0.05) is 35.4 Å². The number of hydrogen-bond acceptors (Lipinski definition) is 6. The van der Waals surface area contributed by atoms with Crippen molar-refractivity contribution in [3.05, 3.63) is 107 Å². The Morgan fingerprint density at radius 3 is 2.16 bits per heavy atom. The first-order chi connectivity index (χ1) is 15.3. The number of hydrogen-bond donors (Lipinski definition) is 1. The molecule has 152 valence electrons. The summed E-state index contributed by atoms with van der Waals surface area (Å²) in [7, 11) is 0. The highest BCUT2D eigenvalue weighted by atomic mass is 15.4. The van der Waals surface area contributed by atoms with Crippen LogP contribution in [0.2, 0.25) is 0 Å². The van der Waals surface area contributed by atoms with Gasteiger partial charge in [0.25, 0.3) is 6.54 Å². The maximum absolute atomic E-state index is 6.75. The first-order valence-electron chi connectivity index (χ1n) is 9.16. The van der Waals surface area contributed by atoms with Gasteiger partial charge in [-0.15, -0.1) is 5.10 Å². The second-order valence-electron chi connectivity index (χ2n) is 5.96. The number of rotatable bonds is 2. The summed E-state index contributed by atoms with van der Waals surface area (Å²) in [4.78, 5) is 10.4. The SMILES string of the molecule is NCc1nnn2ccccc12.[C-]#[N+]Cc1ccccn1.[C-]#[N+]c1nnn2ccccc12. The largest absolute Gasteiger partial charge is 0.357 e. The maximum Gasteiger partial charge on any atom is 0.323 e. The van der Waals surface area contributed by atoms with Gasteiger partial charge in [-0.3, -0.25) is 4.98 Å². The van der Waals surface area contributed by atoms with Gasteiger partial charge in [-0.1, -0.05) is 30.0 Å². The topological polar surface area (TPSA) is 108 Å². The van der Waals surface area contributed by atoms with E-state index in [0.29, 0.717) is 18.9 Å². The highest BCUT2D eigenvalue weighted by Crippen LogP contribution is 2.14. The van der Waals surface area contributed by atoms with Gasteiger partial charge in [0.2, 0.25) is 0 Å². The second kappa shape index (κ2) is 10.8. The average molecular weight is 410 g/mol. The summed E-state index contributed by atoms with van der Waals surface area (Å²) in [6.07, 6.45) is 5.30. The molecule has 0 aromatic carbocycles. The Morgan fingerprint density at radius 2 is 1.52 bits per heavy atom. The quantitative estimate of drug-likeness (QED) is 0.448. The van der Waals surface area contributed by atoms with E-state index in [4.69, 9.17) is 18.9 Å². The summed E-state index contributed by atoms with van der Waals surface area (Å²) in [6.45, 7) is 14.1. The van der Waals surface area contributed by atoms with Gasteiger partial charge < -0.3 is 15.4 Å². The Hall–Kier alpha value is -4.67. The van der Waals surface area contributed by atoms with Crippen molar-refractivity contribution in [2.24, 2.45) is 5.73 Å². The van der Waals surface area contributed by atoms with Crippen molar-refractivity contribution in [3.8, 4) is 0 Å². The van der Waals surface area contributed by atoms with Crippen LogP contribution in [-0.2, 0) is 13.1 Å². The minimum Gasteiger partial charge on any atom is -0.357 e. The number of nitrogens with zero attached hydrogens (tertiary/aromatic N) is 9. The van der Waals surface area contributed by atoms with Gasteiger partial charge in [0.1, 0.15) is 11.4 Å². The van der Waals surface area contributed by atoms with Crippen LogP contribution in [0.4, 0.5) is 5.82 Å². The third kappa shape index (κ3) is 5.44. The van der Waals surface area contributed by atoms with E-state index < -0.39 is 0 Å². The summed E-state index contributed by atoms with van der Waals surface area (Å²) in [6, 6.07) is 16.9. The first kappa shape index (κ1) is 21.0. The molecule has 0 aliphatic rings. The molecule has 5 aromatic rings. The van der Waals surface area contributed by atoms with Crippen molar-refractivity contribution in [1.82, 2.24) is 34.6 Å². The van der Waals surface area contributed by atoms with E-state index in [9.17, 15) is 0 Å². The van der Waals surface area contributed by atoms with Gasteiger partial charge in [-0.25, -0.2) is 15.6 Å². The Kier molecular flexibility index (Phi) is 7.31. The van der Waals surface area contributed by atoms with Crippen molar-refractivity contribution < 1.29 is 0 Å². The van der Waals surface area contributed by atoms with Gasteiger partial charge in [0.05, 0.1) is 11.0 Å². The second-order valence-corrected chi connectivity index (χ2v) is 5.96. The molecule has 31 heavy (non-hydrogen) atoms. The monoisotopic (exact) mass is 410 g/mol. The van der Waals surface area contributed by atoms with E-state index in [1.165, 1.54) is 0 Å². The lowest BCUT2D eigenvalue weighted by Crippen LogP contribution is -1.96. The van der Waals surface area contributed by atoms with Crippen molar-refractivity contribution in [3.63, 3.8) is 0 Å². The molecule has 0 saturated carbocycles. The van der Waals surface area contributed by atoms with Crippen molar-refractivity contribution in [2.45, 2.75) is 13.1 Å². The molecule has 0 radical (unpaired) electrons. The van der Waals surface area contributed by atoms with E-state index >= 15 is 0 Å². The summed E-state index contributed by atoms with van der Waals surface area (Å²) < 4.78 is 3.29. The molecular weight excluding hydrogens is 392 g/mol. The standard InChI is InChI=1S/C7H4N4.C7H8N4.C7H6N2/c1-8-7-6-4-2-3-5-11(6)10-9-7;8-5-6-7-3-1-2-4-11(7)10-9-6;1-8-6-7-4-2-3-5-9-7/h2-5H;1-4H,5,8H2;2-5H,6H2. The Labute approximate surface area is 178 Å². The summed E-state index contributed by atoms with van der Waals surface area (Å²) in [5, 5.41) is 15.2. The highest BCUT2D eigenvalue weighted by Gasteiger charge is 2.03. The third-order valence-corrected chi connectivity index (χ3v) is 3.97. The lowest BCUT2D eigenvalue weighted by atomic mass is 10.3. The van der Waals surface area contributed by atoms with Crippen LogP contribution in [0.15, 0.2) is 73.2 Å². The molecule has 0 fully saturated rings. The van der Waals surface area contributed by atoms with Crippen molar-refractivity contribution in [2.75, 3.05) is 0 Å². The number of nitrogens with two attached hydrogens (primary N) is 1. The van der Waals surface area contributed by atoms with E-state index in [1.807, 2.05) is 60.8 Å². The zero-order chi connectivity index (χ0) is 21.9. The maximum atomic E-state index is 6.75. The van der Waals surface area contributed by atoms with Crippen LogP contribution in [0.1, 0.15) is 11.4 Å². The number of aromatic nitrogens is 7. The lowest BCUT2D eigenvalue weighted by Gasteiger charge is -1.89. The van der Waals surface area contributed by atoms with Crippen LogP contribution in [0.5, 0.6) is 0 Å². The normalized spacial score (nSPS) is 9.65. The molecule has 0 atom stereocenters. The molecule has 0 bridgehead atoms. The third-order valence-electron chi connectivity index (χ3n) is 3.97.